The fourth-order valence-electron chi connectivity index (χ4n) is 3.10. The number of nitrogens with zero attached hydrogens (tertiary/aromatic N) is 1. The number of methoxy groups -OCH3 is 1. The number of nitrogen functional groups attached to an aromatic ring is 1. The van der Waals surface area contributed by atoms with E-state index in [0.717, 1.165) is 47.6 Å². The van der Waals surface area contributed by atoms with Crippen LogP contribution in [0.4, 0.5) is 11.4 Å². The summed E-state index contributed by atoms with van der Waals surface area (Å²) in [7, 11) is 1.64. The van der Waals surface area contributed by atoms with Crippen LogP contribution in [0.25, 0.3) is 0 Å². The van der Waals surface area contributed by atoms with E-state index in [0.29, 0.717) is 13.1 Å². The maximum Gasteiger partial charge on any atom is 0.239 e. The van der Waals surface area contributed by atoms with Crippen LogP contribution in [-0.4, -0.2) is 26.1 Å². The molecule has 0 bridgehead atoms. The molecule has 2 aromatic rings. The number of anilines is 2. The molecule has 0 fully saturated rings. The van der Waals surface area contributed by atoms with Gasteiger partial charge < -0.3 is 20.7 Å². The Bertz CT molecular complexity index is 736. The number of rotatable bonds is 5. The molecule has 0 unspecified atom stereocenters. The van der Waals surface area contributed by atoms with Gasteiger partial charge >= 0.3 is 0 Å². The molecule has 25 heavy (non-hydrogen) atoms. The number of halogens is 1. The van der Waals surface area contributed by atoms with Gasteiger partial charge in [-0.05, 0) is 48.2 Å². The Kier molecular flexibility index (Phi) is 6.53. The van der Waals surface area contributed by atoms with E-state index in [1.165, 1.54) is 0 Å². The van der Waals surface area contributed by atoms with Gasteiger partial charge in [0.2, 0.25) is 5.91 Å². The van der Waals surface area contributed by atoms with E-state index in [-0.39, 0.29) is 18.3 Å². The van der Waals surface area contributed by atoms with Gasteiger partial charge in [-0.25, -0.2) is 0 Å². The molecule has 0 aliphatic carbocycles. The molecule has 0 spiro atoms. The smallest absolute Gasteiger partial charge is 0.239 e. The van der Waals surface area contributed by atoms with E-state index < -0.39 is 0 Å². The molecular weight excluding hydrogens is 338 g/mol. The molecule has 0 saturated carbocycles. The SMILES string of the molecule is COc1cccc(CNC(=O)CN2CCCc3c(N)cccc32)c1.Cl. The van der Waals surface area contributed by atoms with Crippen molar-refractivity contribution < 1.29 is 9.53 Å². The van der Waals surface area contributed by atoms with Gasteiger partial charge in [-0.1, -0.05) is 18.2 Å². The zero-order chi connectivity index (χ0) is 16.9. The van der Waals surface area contributed by atoms with Gasteiger partial charge in [0.15, 0.2) is 0 Å². The molecule has 3 rings (SSSR count). The highest BCUT2D eigenvalue weighted by Gasteiger charge is 2.20. The molecule has 5 nitrogen and oxygen atoms in total. The van der Waals surface area contributed by atoms with Gasteiger partial charge in [-0.15, -0.1) is 12.4 Å². The lowest BCUT2D eigenvalue weighted by Crippen LogP contribution is -2.39. The zero-order valence-electron chi connectivity index (χ0n) is 14.3. The van der Waals surface area contributed by atoms with E-state index in [4.69, 9.17) is 10.5 Å². The summed E-state index contributed by atoms with van der Waals surface area (Å²) in [5.41, 5.74) is 10.1. The maximum atomic E-state index is 12.3. The number of amides is 1. The lowest BCUT2D eigenvalue weighted by molar-refractivity contribution is -0.119. The number of ether oxygens (including phenoxy) is 1. The molecule has 2 aromatic carbocycles. The van der Waals surface area contributed by atoms with Crippen molar-refractivity contribution >= 4 is 29.7 Å². The van der Waals surface area contributed by atoms with E-state index in [9.17, 15) is 4.79 Å². The second-order valence-corrected chi connectivity index (χ2v) is 6.00. The number of fused-ring (bicyclic) bond motifs is 1. The topological polar surface area (TPSA) is 67.6 Å². The van der Waals surface area contributed by atoms with Crippen LogP contribution in [0.2, 0.25) is 0 Å². The van der Waals surface area contributed by atoms with Crippen molar-refractivity contribution in [2.24, 2.45) is 0 Å². The molecular formula is C19H24ClN3O2. The lowest BCUT2D eigenvalue weighted by atomic mass is 10.00. The van der Waals surface area contributed by atoms with Crippen molar-refractivity contribution in [3.05, 3.63) is 53.6 Å². The van der Waals surface area contributed by atoms with Crippen molar-refractivity contribution in [3.63, 3.8) is 0 Å². The van der Waals surface area contributed by atoms with Crippen molar-refractivity contribution in [2.75, 3.05) is 30.8 Å². The highest BCUT2D eigenvalue weighted by molar-refractivity contribution is 5.85. The molecule has 1 amide bonds. The summed E-state index contributed by atoms with van der Waals surface area (Å²) in [6.45, 7) is 1.72. The number of benzene rings is 2. The van der Waals surface area contributed by atoms with E-state index >= 15 is 0 Å². The highest BCUT2D eigenvalue weighted by atomic mass is 35.5. The third-order valence-electron chi connectivity index (χ3n) is 4.34. The predicted octanol–water partition coefficient (Wildman–Crippen LogP) is 2.77. The predicted molar refractivity (Wildman–Crippen MR) is 103 cm³/mol. The number of carbonyl (C=O) groups is 1. The largest absolute Gasteiger partial charge is 0.497 e. The Hall–Kier alpha value is -2.40. The fourth-order valence-corrected chi connectivity index (χ4v) is 3.10. The molecule has 0 radical (unpaired) electrons. The Morgan fingerprint density at radius 2 is 2.08 bits per heavy atom. The fraction of sp³-hybridized carbons (Fsp3) is 0.316. The van der Waals surface area contributed by atoms with E-state index in [1.807, 2.05) is 42.5 Å². The summed E-state index contributed by atoms with van der Waals surface area (Å²) in [6.07, 6.45) is 1.99. The van der Waals surface area contributed by atoms with Crippen LogP contribution >= 0.6 is 12.4 Å². The molecule has 1 aliphatic heterocycles. The van der Waals surface area contributed by atoms with Crippen LogP contribution in [-0.2, 0) is 17.8 Å². The lowest BCUT2D eigenvalue weighted by Gasteiger charge is -2.31. The Labute approximate surface area is 154 Å². The first kappa shape index (κ1) is 18.9. The first-order chi connectivity index (χ1) is 11.7. The molecule has 134 valence electrons. The molecule has 0 aromatic heterocycles. The molecule has 3 N–H and O–H groups in total. The highest BCUT2D eigenvalue weighted by Crippen LogP contribution is 2.30. The van der Waals surface area contributed by atoms with Crippen LogP contribution in [0.1, 0.15) is 17.5 Å². The minimum Gasteiger partial charge on any atom is -0.497 e. The third-order valence-corrected chi connectivity index (χ3v) is 4.34. The van der Waals surface area contributed by atoms with Crippen molar-refractivity contribution in [1.29, 1.82) is 0 Å². The first-order valence-corrected chi connectivity index (χ1v) is 8.19. The standard InChI is InChI=1S/C19H23N3O2.ClH/c1-24-15-6-2-5-14(11-15)12-21-19(23)13-22-10-4-7-16-17(20)8-3-9-18(16)22;/h2-3,5-6,8-9,11H,4,7,10,12-13,20H2,1H3,(H,21,23);1H. The third kappa shape index (κ3) is 4.57. The second kappa shape index (κ2) is 8.62. The van der Waals surface area contributed by atoms with Crippen LogP contribution < -0.4 is 20.7 Å². The van der Waals surface area contributed by atoms with Gasteiger partial charge in [0, 0.05) is 24.5 Å². The molecule has 6 heteroatoms. The van der Waals surface area contributed by atoms with Crippen molar-refractivity contribution in [1.82, 2.24) is 5.32 Å². The summed E-state index contributed by atoms with van der Waals surface area (Å²) in [5.74, 6) is 0.801. The Morgan fingerprint density at radius 1 is 1.28 bits per heavy atom. The number of nitrogens with two attached hydrogens (primary N) is 1. The minimum atomic E-state index is 0. The second-order valence-electron chi connectivity index (χ2n) is 6.00. The molecule has 0 atom stereocenters. The van der Waals surface area contributed by atoms with Crippen LogP contribution in [0.5, 0.6) is 5.75 Å². The van der Waals surface area contributed by atoms with Gasteiger partial charge in [-0.3, -0.25) is 4.79 Å². The summed E-state index contributed by atoms with van der Waals surface area (Å²) < 4.78 is 5.20. The number of carbonyl (C=O) groups excluding carboxylic acids is 1. The van der Waals surface area contributed by atoms with Gasteiger partial charge in [-0.2, -0.15) is 0 Å². The molecule has 0 saturated heterocycles. The van der Waals surface area contributed by atoms with E-state index in [1.54, 1.807) is 7.11 Å². The van der Waals surface area contributed by atoms with Crippen LogP contribution in [0.15, 0.2) is 42.5 Å². The Morgan fingerprint density at radius 3 is 2.88 bits per heavy atom. The van der Waals surface area contributed by atoms with Gasteiger partial charge in [0.05, 0.1) is 13.7 Å². The number of nitrogens with one attached hydrogen (secondary N) is 1. The first-order valence-electron chi connectivity index (χ1n) is 8.19. The number of hydrogen-bond donors (Lipinski definition) is 2. The number of hydrogen-bond acceptors (Lipinski definition) is 4. The summed E-state index contributed by atoms with van der Waals surface area (Å²) in [6, 6.07) is 13.6. The van der Waals surface area contributed by atoms with Crippen LogP contribution in [0, 0.1) is 0 Å². The average molecular weight is 362 g/mol. The quantitative estimate of drug-likeness (QED) is 0.803. The van der Waals surface area contributed by atoms with Crippen LogP contribution in [0.3, 0.4) is 0 Å². The zero-order valence-corrected chi connectivity index (χ0v) is 15.1. The molecule has 1 aliphatic rings. The summed E-state index contributed by atoms with van der Waals surface area (Å²) in [5, 5.41) is 2.98. The van der Waals surface area contributed by atoms with Crippen molar-refractivity contribution in [2.45, 2.75) is 19.4 Å². The monoisotopic (exact) mass is 361 g/mol. The summed E-state index contributed by atoms with van der Waals surface area (Å²) in [4.78, 5) is 14.4. The normalized spacial score (nSPS) is 12.8. The van der Waals surface area contributed by atoms with Gasteiger partial charge in [0.1, 0.15) is 5.75 Å². The minimum absolute atomic E-state index is 0. The average Bonchev–Trinajstić information content (AvgIpc) is 2.61. The Balaban J connectivity index is 0.00000225. The maximum absolute atomic E-state index is 12.3. The summed E-state index contributed by atoms with van der Waals surface area (Å²) >= 11 is 0. The van der Waals surface area contributed by atoms with E-state index in [2.05, 4.69) is 10.2 Å². The molecule has 1 heterocycles. The van der Waals surface area contributed by atoms with Crippen molar-refractivity contribution in [3.8, 4) is 5.75 Å². The van der Waals surface area contributed by atoms with Gasteiger partial charge in [0.25, 0.3) is 0 Å².